The fourth-order valence-electron chi connectivity index (χ4n) is 1.87. The highest BCUT2D eigenvalue weighted by molar-refractivity contribution is 14.0. The van der Waals surface area contributed by atoms with Crippen molar-refractivity contribution in [1.29, 1.82) is 0 Å². The van der Waals surface area contributed by atoms with Gasteiger partial charge in [0.05, 0.1) is 7.11 Å². The first kappa shape index (κ1) is 21.0. The van der Waals surface area contributed by atoms with Crippen LogP contribution in [0, 0.1) is 0 Å². The van der Waals surface area contributed by atoms with Gasteiger partial charge in [-0.1, -0.05) is 12.1 Å². The lowest BCUT2D eigenvalue weighted by molar-refractivity contribution is 0.143. The maximum atomic E-state index is 5.31. The average molecular weight is 421 g/mol. The van der Waals surface area contributed by atoms with Crippen LogP contribution < -0.4 is 15.4 Å². The molecule has 0 atom stereocenters. The van der Waals surface area contributed by atoms with E-state index in [0.29, 0.717) is 0 Å². The van der Waals surface area contributed by atoms with Crippen molar-refractivity contribution < 1.29 is 9.47 Å². The third-order valence-corrected chi connectivity index (χ3v) is 3.03. The number of aliphatic imine (C=N–C) groups is 1. The van der Waals surface area contributed by atoms with E-state index in [1.165, 1.54) is 0 Å². The third kappa shape index (κ3) is 9.09. The van der Waals surface area contributed by atoms with Crippen LogP contribution in [-0.4, -0.2) is 39.9 Å². The summed E-state index contributed by atoms with van der Waals surface area (Å²) in [5.74, 6) is 1.68. The second-order valence-corrected chi connectivity index (χ2v) is 4.61. The number of guanidine groups is 1. The molecule has 5 nitrogen and oxygen atoms in total. The summed E-state index contributed by atoms with van der Waals surface area (Å²) >= 11 is 0. The number of nitrogens with one attached hydrogen (secondary N) is 2. The van der Waals surface area contributed by atoms with Gasteiger partial charge in [0.1, 0.15) is 5.75 Å². The van der Waals surface area contributed by atoms with Crippen LogP contribution in [0.25, 0.3) is 0 Å². The average Bonchev–Trinajstić information content (AvgIpc) is 2.53. The Hall–Kier alpha value is -1.02. The molecule has 2 N–H and O–H groups in total. The van der Waals surface area contributed by atoms with Crippen LogP contribution in [0.15, 0.2) is 29.3 Å². The fraction of sp³-hybridized carbons (Fsp3) is 0.562. The quantitative estimate of drug-likeness (QED) is 0.279. The lowest BCUT2D eigenvalue weighted by Crippen LogP contribution is -2.37. The summed E-state index contributed by atoms with van der Waals surface area (Å²) in [5, 5.41) is 6.59. The van der Waals surface area contributed by atoms with E-state index in [9.17, 15) is 0 Å². The highest BCUT2D eigenvalue weighted by Crippen LogP contribution is 2.11. The molecule has 0 fully saturated rings. The van der Waals surface area contributed by atoms with Crippen molar-refractivity contribution in [2.75, 3.05) is 33.9 Å². The van der Waals surface area contributed by atoms with Crippen molar-refractivity contribution in [3.8, 4) is 5.75 Å². The summed E-state index contributed by atoms with van der Waals surface area (Å²) in [7, 11) is 3.45. The molecule has 22 heavy (non-hydrogen) atoms. The SMILES string of the molecule is CCOCCCCNC(=NC)NCc1cccc(OC)c1.I. The molecule has 0 spiro atoms. The number of nitrogens with zero attached hydrogens (tertiary/aromatic N) is 1. The molecule has 1 aromatic carbocycles. The normalized spacial score (nSPS) is 10.8. The molecule has 0 heterocycles. The molecule has 0 saturated carbocycles. The van der Waals surface area contributed by atoms with Gasteiger partial charge in [-0.05, 0) is 37.5 Å². The standard InChI is InChI=1S/C16H27N3O2.HI/c1-4-21-11-6-5-10-18-16(17-2)19-13-14-8-7-9-15(12-14)20-3;/h7-9,12H,4-6,10-11,13H2,1-3H3,(H2,17,18,19);1H. The summed E-state index contributed by atoms with van der Waals surface area (Å²) in [6.45, 7) is 5.24. The predicted octanol–water partition coefficient (Wildman–Crippen LogP) is 2.79. The Balaban J connectivity index is 0.00000441. The number of hydrogen-bond acceptors (Lipinski definition) is 3. The molecule has 1 aromatic rings. The van der Waals surface area contributed by atoms with Crippen molar-refractivity contribution in [3.63, 3.8) is 0 Å². The Kier molecular flexibility index (Phi) is 13.0. The van der Waals surface area contributed by atoms with Crippen LogP contribution in [0.5, 0.6) is 5.75 Å². The van der Waals surface area contributed by atoms with Crippen LogP contribution in [0.1, 0.15) is 25.3 Å². The minimum atomic E-state index is 0. The van der Waals surface area contributed by atoms with E-state index in [-0.39, 0.29) is 24.0 Å². The van der Waals surface area contributed by atoms with E-state index in [1.807, 2.05) is 25.1 Å². The van der Waals surface area contributed by atoms with Crippen molar-refractivity contribution in [3.05, 3.63) is 29.8 Å². The second kappa shape index (κ2) is 13.6. The summed E-state index contributed by atoms with van der Waals surface area (Å²) in [4.78, 5) is 4.21. The summed E-state index contributed by atoms with van der Waals surface area (Å²) in [6, 6.07) is 8.00. The zero-order valence-corrected chi connectivity index (χ0v) is 16.1. The molecule has 0 unspecified atom stereocenters. The van der Waals surface area contributed by atoms with Gasteiger partial charge in [-0.15, -0.1) is 24.0 Å². The molecule has 0 amide bonds. The maximum absolute atomic E-state index is 5.31. The van der Waals surface area contributed by atoms with Crippen LogP contribution in [0.4, 0.5) is 0 Å². The lowest BCUT2D eigenvalue weighted by Gasteiger charge is -2.12. The first-order valence-corrected chi connectivity index (χ1v) is 7.45. The number of methoxy groups -OCH3 is 1. The number of halogens is 1. The second-order valence-electron chi connectivity index (χ2n) is 4.61. The third-order valence-electron chi connectivity index (χ3n) is 3.03. The Morgan fingerprint density at radius 3 is 2.73 bits per heavy atom. The Bertz CT molecular complexity index is 428. The summed E-state index contributed by atoms with van der Waals surface area (Å²) < 4.78 is 10.5. The Morgan fingerprint density at radius 2 is 2.05 bits per heavy atom. The van der Waals surface area contributed by atoms with Gasteiger partial charge in [-0.25, -0.2) is 0 Å². The Labute approximate surface area is 150 Å². The smallest absolute Gasteiger partial charge is 0.191 e. The number of benzene rings is 1. The molecule has 6 heteroatoms. The minimum absolute atomic E-state index is 0. The monoisotopic (exact) mass is 421 g/mol. The van der Waals surface area contributed by atoms with Crippen LogP contribution in [0.3, 0.4) is 0 Å². The summed E-state index contributed by atoms with van der Waals surface area (Å²) in [5.41, 5.74) is 1.16. The van der Waals surface area contributed by atoms with E-state index in [2.05, 4.69) is 21.7 Å². The van der Waals surface area contributed by atoms with Gasteiger partial charge >= 0.3 is 0 Å². The van der Waals surface area contributed by atoms with Crippen molar-refractivity contribution in [2.45, 2.75) is 26.3 Å². The van der Waals surface area contributed by atoms with E-state index < -0.39 is 0 Å². The van der Waals surface area contributed by atoms with E-state index in [1.54, 1.807) is 14.2 Å². The Morgan fingerprint density at radius 1 is 1.23 bits per heavy atom. The molecule has 0 aliphatic rings. The van der Waals surface area contributed by atoms with Crippen LogP contribution in [-0.2, 0) is 11.3 Å². The molecular formula is C16H28IN3O2. The molecular weight excluding hydrogens is 393 g/mol. The van der Waals surface area contributed by atoms with Gasteiger partial charge in [0.25, 0.3) is 0 Å². The van der Waals surface area contributed by atoms with Gasteiger partial charge in [-0.2, -0.15) is 0 Å². The highest BCUT2D eigenvalue weighted by Gasteiger charge is 1.99. The largest absolute Gasteiger partial charge is 0.497 e. The molecule has 0 aromatic heterocycles. The molecule has 1 rings (SSSR count). The topological polar surface area (TPSA) is 54.9 Å². The van der Waals surface area contributed by atoms with E-state index >= 15 is 0 Å². The molecule has 0 aliphatic heterocycles. The van der Waals surface area contributed by atoms with Crippen LogP contribution >= 0.6 is 24.0 Å². The molecule has 0 saturated heterocycles. The molecule has 0 radical (unpaired) electrons. The first-order valence-electron chi connectivity index (χ1n) is 7.45. The van der Waals surface area contributed by atoms with E-state index in [4.69, 9.17) is 9.47 Å². The number of ether oxygens (including phenoxy) is 2. The zero-order chi connectivity index (χ0) is 15.3. The number of unbranched alkanes of at least 4 members (excludes halogenated alkanes) is 1. The van der Waals surface area contributed by atoms with Crippen molar-refractivity contribution >= 4 is 29.9 Å². The minimum Gasteiger partial charge on any atom is -0.497 e. The predicted molar refractivity (Wildman–Crippen MR) is 102 cm³/mol. The maximum Gasteiger partial charge on any atom is 0.191 e. The van der Waals surface area contributed by atoms with Gasteiger partial charge in [-0.3, -0.25) is 4.99 Å². The first-order chi connectivity index (χ1) is 10.3. The highest BCUT2D eigenvalue weighted by atomic mass is 127. The van der Waals surface area contributed by atoms with E-state index in [0.717, 1.165) is 56.4 Å². The summed E-state index contributed by atoms with van der Waals surface area (Å²) in [6.07, 6.45) is 2.13. The zero-order valence-electron chi connectivity index (χ0n) is 13.7. The fourth-order valence-corrected chi connectivity index (χ4v) is 1.87. The van der Waals surface area contributed by atoms with Gasteiger partial charge in [0.2, 0.25) is 0 Å². The number of hydrogen-bond donors (Lipinski definition) is 2. The van der Waals surface area contributed by atoms with Gasteiger partial charge in [0.15, 0.2) is 5.96 Å². The van der Waals surface area contributed by atoms with Crippen molar-refractivity contribution in [2.24, 2.45) is 4.99 Å². The van der Waals surface area contributed by atoms with Crippen molar-refractivity contribution in [1.82, 2.24) is 10.6 Å². The molecule has 0 aliphatic carbocycles. The molecule has 126 valence electrons. The lowest BCUT2D eigenvalue weighted by atomic mass is 10.2. The molecule has 0 bridgehead atoms. The van der Waals surface area contributed by atoms with Gasteiger partial charge in [0, 0.05) is 33.4 Å². The van der Waals surface area contributed by atoms with Gasteiger partial charge < -0.3 is 20.1 Å². The number of rotatable bonds is 9. The van der Waals surface area contributed by atoms with Crippen LogP contribution in [0.2, 0.25) is 0 Å².